The molecule has 2 saturated heterocycles. The van der Waals surface area contributed by atoms with Gasteiger partial charge in [0.05, 0.1) is 6.61 Å². The van der Waals surface area contributed by atoms with Crippen molar-refractivity contribution in [2.75, 3.05) is 19.7 Å². The van der Waals surface area contributed by atoms with E-state index in [1.165, 1.54) is 13.0 Å². The molecule has 2 nitrogen and oxygen atoms in total. The highest BCUT2D eigenvalue weighted by molar-refractivity contribution is 4.98. The molecule has 0 bridgehead atoms. The molecule has 2 heteroatoms. The van der Waals surface area contributed by atoms with Crippen LogP contribution in [0, 0.1) is 5.92 Å². The quantitative estimate of drug-likeness (QED) is 0.476. The Bertz CT molecular complexity index is 120. The van der Waals surface area contributed by atoms with Gasteiger partial charge in [0.15, 0.2) is 0 Å². The molecule has 2 aliphatic rings. The molecule has 1 N–H and O–H groups in total. The monoisotopic (exact) mass is 127 g/mol. The van der Waals surface area contributed by atoms with Crippen LogP contribution in [0.25, 0.3) is 0 Å². The zero-order valence-corrected chi connectivity index (χ0v) is 5.81. The van der Waals surface area contributed by atoms with Gasteiger partial charge in [-0.3, -0.25) is 0 Å². The van der Waals surface area contributed by atoms with Crippen LogP contribution in [-0.4, -0.2) is 25.3 Å². The van der Waals surface area contributed by atoms with Crippen molar-refractivity contribution in [1.82, 2.24) is 5.32 Å². The fourth-order valence-electron chi connectivity index (χ4n) is 1.65. The smallest absolute Gasteiger partial charge is 0.104 e. The highest BCUT2D eigenvalue weighted by Gasteiger charge is 2.46. The Morgan fingerprint density at radius 3 is 2.89 bits per heavy atom. The van der Waals surface area contributed by atoms with Crippen molar-refractivity contribution in [1.29, 1.82) is 0 Å². The van der Waals surface area contributed by atoms with Crippen LogP contribution >= 0.6 is 0 Å². The number of nitrogens with one attached hydrogen (secondary N) is 1. The molecular weight excluding hydrogens is 114 g/mol. The van der Waals surface area contributed by atoms with E-state index >= 15 is 0 Å². The first-order valence-electron chi connectivity index (χ1n) is 3.65. The van der Waals surface area contributed by atoms with Crippen LogP contribution in [-0.2, 0) is 4.74 Å². The molecule has 0 aromatic rings. The summed E-state index contributed by atoms with van der Waals surface area (Å²) in [6.07, 6.45) is 1.26. The van der Waals surface area contributed by atoms with Gasteiger partial charge in [0, 0.05) is 6.54 Å². The summed E-state index contributed by atoms with van der Waals surface area (Å²) in [5.74, 6) is 0.807. The van der Waals surface area contributed by atoms with Crippen molar-refractivity contribution >= 4 is 0 Å². The summed E-state index contributed by atoms with van der Waals surface area (Å²) in [5, 5.41) is 3.36. The topological polar surface area (TPSA) is 24.6 Å². The molecule has 52 valence electrons. The Morgan fingerprint density at radius 2 is 2.44 bits per heavy atom. The van der Waals surface area contributed by atoms with E-state index in [1.54, 1.807) is 0 Å². The van der Waals surface area contributed by atoms with Gasteiger partial charge in [-0.1, -0.05) is 6.92 Å². The minimum Gasteiger partial charge on any atom is -0.368 e. The first-order valence-corrected chi connectivity index (χ1v) is 3.65. The van der Waals surface area contributed by atoms with Gasteiger partial charge in [0.25, 0.3) is 0 Å². The first-order chi connectivity index (χ1) is 4.31. The van der Waals surface area contributed by atoms with Gasteiger partial charge in [-0.2, -0.15) is 0 Å². The number of hydrogen-bond acceptors (Lipinski definition) is 2. The Balaban J connectivity index is 1.96. The van der Waals surface area contributed by atoms with Gasteiger partial charge in [-0.25, -0.2) is 0 Å². The van der Waals surface area contributed by atoms with E-state index in [4.69, 9.17) is 4.74 Å². The maximum absolute atomic E-state index is 5.34. The minimum atomic E-state index is 0.289. The predicted octanol–water partition coefficient (Wildman–Crippen LogP) is 0.385. The van der Waals surface area contributed by atoms with Crippen molar-refractivity contribution in [3.05, 3.63) is 0 Å². The molecular formula is C7H13NO. The normalized spacial score (nSPS) is 49.7. The SMILES string of the molecule is C[C@@H]1CNC[C@@]2(CO2)C1. The van der Waals surface area contributed by atoms with Gasteiger partial charge in [0.1, 0.15) is 5.60 Å². The van der Waals surface area contributed by atoms with Gasteiger partial charge in [-0.15, -0.1) is 0 Å². The lowest BCUT2D eigenvalue weighted by molar-refractivity contribution is 0.214. The molecule has 0 unspecified atom stereocenters. The van der Waals surface area contributed by atoms with Crippen LogP contribution in [0.1, 0.15) is 13.3 Å². The first kappa shape index (κ1) is 5.69. The molecule has 9 heavy (non-hydrogen) atoms. The van der Waals surface area contributed by atoms with Crippen molar-refractivity contribution in [2.24, 2.45) is 5.92 Å². The third-order valence-electron chi connectivity index (χ3n) is 2.21. The molecule has 2 fully saturated rings. The Morgan fingerprint density at radius 1 is 1.67 bits per heavy atom. The van der Waals surface area contributed by atoms with Crippen LogP contribution in [0.2, 0.25) is 0 Å². The molecule has 0 aliphatic carbocycles. The molecule has 2 aliphatic heterocycles. The summed E-state index contributed by atoms with van der Waals surface area (Å²) in [6.45, 7) is 5.52. The lowest BCUT2D eigenvalue weighted by atomic mass is 9.92. The fourth-order valence-corrected chi connectivity index (χ4v) is 1.65. The lowest BCUT2D eigenvalue weighted by Gasteiger charge is -2.24. The van der Waals surface area contributed by atoms with Crippen LogP contribution < -0.4 is 5.32 Å². The highest BCUT2D eigenvalue weighted by Crippen LogP contribution is 2.35. The Labute approximate surface area is 55.6 Å². The van der Waals surface area contributed by atoms with Gasteiger partial charge in [-0.05, 0) is 18.9 Å². The van der Waals surface area contributed by atoms with Gasteiger partial charge < -0.3 is 10.1 Å². The molecule has 0 saturated carbocycles. The fraction of sp³-hybridized carbons (Fsp3) is 1.00. The van der Waals surface area contributed by atoms with E-state index < -0.39 is 0 Å². The average molecular weight is 127 g/mol. The highest BCUT2D eigenvalue weighted by atomic mass is 16.6. The standard InChI is InChI=1S/C7H13NO/c1-6-2-7(5-9-7)4-8-3-6/h6,8H,2-5H2,1H3/t6-,7+/m0/s1. The number of ether oxygens (including phenoxy) is 1. The van der Waals surface area contributed by atoms with Crippen LogP contribution in [0.4, 0.5) is 0 Å². The number of rotatable bonds is 0. The third kappa shape index (κ3) is 0.970. The van der Waals surface area contributed by atoms with Gasteiger partial charge >= 0.3 is 0 Å². The maximum Gasteiger partial charge on any atom is 0.104 e. The Hall–Kier alpha value is -0.0800. The van der Waals surface area contributed by atoms with Gasteiger partial charge in [0.2, 0.25) is 0 Å². The molecule has 0 radical (unpaired) electrons. The summed E-state index contributed by atoms with van der Waals surface area (Å²) in [4.78, 5) is 0. The number of piperidine rings is 1. The zero-order valence-electron chi connectivity index (χ0n) is 5.81. The van der Waals surface area contributed by atoms with Crippen molar-refractivity contribution < 1.29 is 4.74 Å². The lowest BCUT2D eigenvalue weighted by Crippen LogP contribution is -2.40. The zero-order chi connectivity index (χ0) is 6.32. The van der Waals surface area contributed by atoms with E-state index in [0.717, 1.165) is 19.1 Å². The molecule has 2 rings (SSSR count). The average Bonchev–Trinajstić information content (AvgIpc) is 2.49. The summed E-state index contributed by atoms with van der Waals surface area (Å²) >= 11 is 0. The predicted molar refractivity (Wildman–Crippen MR) is 35.3 cm³/mol. The largest absolute Gasteiger partial charge is 0.368 e. The molecule has 0 aromatic heterocycles. The summed E-state index contributed by atoms with van der Waals surface area (Å²) in [7, 11) is 0. The van der Waals surface area contributed by atoms with E-state index in [2.05, 4.69) is 12.2 Å². The molecule has 1 spiro atoms. The minimum absolute atomic E-state index is 0.289. The second kappa shape index (κ2) is 1.70. The molecule has 2 atom stereocenters. The second-order valence-electron chi connectivity index (χ2n) is 3.41. The second-order valence-corrected chi connectivity index (χ2v) is 3.41. The van der Waals surface area contributed by atoms with Crippen LogP contribution in [0.15, 0.2) is 0 Å². The number of hydrogen-bond donors (Lipinski definition) is 1. The van der Waals surface area contributed by atoms with Crippen LogP contribution in [0.3, 0.4) is 0 Å². The van der Waals surface area contributed by atoms with Crippen molar-refractivity contribution in [3.8, 4) is 0 Å². The van der Waals surface area contributed by atoms with Crippen molar-refractivity contribution in [2.45, 2.75) is 18.9 Å². The summed E-state index contributed by atoms with van der Waals surface area (Å²) in [5.41, 5.74) is 0.289. The molecule has 0 amide bonds. The van der Waals surface area contributed by atoms with E-state index in [9.17, 15) is 0 Å². The number of epoxide rings is 1. The third-order valence-corrected chi connectivity index (χ3v) is 2.21. The van der Waals surface area contributed by atoms with E-state index in [1.807, 2.05) is 0 Å². The maximum atomic E-state index is 5.34. The molecule has 0 aromatic carbocycles. The summed E-state index contributed by atoms with van der Waals surface area (Å²) < 4.78 is 5.34. The van der Waals surface area contributed by atoms with Crippen LogP contribution in [0.5, 0.6) is 0 Å². The molecule has 2 heterocycles. The summed E-state index contributed by atoms with van der Waals surface area (Å²) in [6, 6.07) is 0. The Kier molecular flexibility index (Phi) is 1.08. The van der Waals surface area contributed by atoms with Crippen molar-refractivity contribution in [3.63, 3.8) is 0 Å². The van der Waals surface area contributed by atoms with E-state index in [-0.39, 0.29) is 5.60 Å². The van der Waals surface area contributed by atoms with E-state index in [0.29, 0.717) is 0 Å².